The Hall–Kier alpha value is -3.72. The molecule has 4 heterocycles. The van der Waals surface area contributed by atoms with E-state index in [2.05, 4.69) is 45.3 Å². The molecule has 2 amide bonds. The Morgan fingerprint density at radius 2 is 1.98 bits per heavy atom. The molecule has 1 aromatic carbocycles. The fourth-order valence-electron chi connectivity index (χ4n) is 5.61. The average Bonchev–Trinajstić information content (AvgIpc) is 3.49. The van der Waals surface area contributed by atoms with E-state index in [4.69, 9.17) is 31.9 Å². The molecular formula is C32H46ClN9O4Si. The lowest BCUT2D eigenvalue weighted by Crippen LogP contribution is -2.43. The van der Waals surface area contributed by atoms with Gasteiger partial charge in [-0.2, -0.15) is 5.10 Å². The largest absolute Gasteiger partial charge is 0.444 e. The predicted octanol–water partition coefficient (Wildman–Crippen LogP) is 5.81. The van der Waals surface area contributed by atoms with Gasteiger partial charge in [-0.05, 0) is 64.3 Å². The average molecular weight is 684 g/mol. The number of carbonyl (C=O) groups excluding carboxylic acids is 2. The number of fused-ring (bicyclic) bond motifs is 2. The maximum atomic E-state index is 14.0. The number of ether oxygens (including phenoxy) is 2. The molecule has 47 heavy (non-hydrogen) atoms. The van der Waals surface area contributed by atoms with Crippen LogP contribution in [0, 0.1) is 0 Å². The lowest BCUT2D eigenvalue weighted by molar-refractivity contribution is 0.0635. The van der Waals surface area contributed by atoms with Gasteiger partial charge >= 0.3 is 6.09 Å². The fraction of sp³-hybridized carbons (Fsp3) is 0.531. The summed E-state index contributed by atoms with van der Waals surface area (Å²) >= 11 is 6.86. The highest BCUT2D eigenvalue weighted by Gasteiger charge is 2.30. The highest BCUT2D eigenvalue weighted by molar-refractivity contribution is 6.76. The zero-order valence-corrected chi connectivity index (χ0v) is 30.0. The fourth-order valence-corrected chi connectivity index (χ4v) is 6.60. The van der Waals surface area contributed by atoms with Crippen molar-refractivity contribution in [2.24, 2.45) is 5.73 Å². The third-order valence-corrected chi connectivity index (χ3v) is 9.99. The number of nitrogens with zero attached hydrogens (tertiary/aromatic N) is 6. The van der Waals surface area contributed by atoms with Crippen molar-refractivity contribution in [1.29, 1.82) is 0 Å². The Balaban J connectivity index is 1.48. The van der Waals surface area contributed by atoms with Crippen LogP contribution in [0.25, 0.3) is 16.6 Å². The number of aromatic nitrogens is 5. The minimum atomic E-state index is -1.25. The van der Waals surface area contributed by atoms with Gasteiger partial charge in [-0.25, -0.2) is 19.0 Å². The summed E-state index contributed by atoms with van der Waals surface area (Å²) in [6, 6.07) is 6.16. The summed E-state index contributed by atoms with van der Waals surface area (Å²) < 4.78 is 14.5. The van der Waals surface area contributed by atoms with E-state index in [1.165, 1.54) is 4.52 Å². The zero-order valence-electron chi connectivity index (χ0n) is 28.3. The Kier molecular flexibility index (Phi) is 10.2. The van der Waals surface area contributed by atoms with Crippen molar-refractivity contribution >= 4 is 59.7 Å². The third kappa shape index (κ3) is 8.23. The molecule has 13 nitrogen and oxygen atoms in total. The molecule has 1 fully saturated rings. The molecule has 4 N–H and O–H groups in total. The van der Waals surface area contributed by atoms with Gasteiger partial charge in [-0.1, -0.05) is 37.3 Å². The van der Waals surface area contributed by atoms with Crippen molar-refractivity contribution in [2.75, 3.05) is 29.9 Å². The van der Waals surface area contributed by atoms with E-state index in [0.717, 1.165) is 47.6 Å². The quantitative estimate of drug-likeness (QED) is 0.139. The van der Waals surface area contributed by atoms with Gasteiger partial charge in [0.25, 0.3) is 5.91 Å². The summed E-state index contributed by atoms with van der Waals surface area (Å²) in [6.45, 7) is 16.4. The van der Waals surface area contributed by atoms with Crippen LogP contribution in [0.5, 0.6) is 0 Å². The monoisotopic (exact) mass is 683 g/mol. The van der Waals surface area contributed by atoms with Gasteiger partial charge in [0.1, 0.15) is 28.6 Å². The van der Waals surface area contributed by atoms with Crippen molar-refractivity contribution in [3.8, 4) is 0 Å². The second-order valence-electron chi connectivity index (χ2n) is 14.3. The molecule has 0 aliphatic carbocycles. The van der Waals surface area contributed by atoms with Crippen molar-refractivity contribution in [1.82, 2.24) is 29.7 Å². The number of carbonyl (C=O) groups is 2. The van der Waals surface area contributed by atoms with Crippen LogP contribution in [0.4, 0.5) is 16.3 Å². The van der Waals surface area contributed by atoms with E-state index in [9.17, 15) is 9.59 Å². The minimum absolute atomic E-state index is 0.00514. The highest BCUT2D eigenvalue weighted by Crippen LogP contribution is 2.38. The summed E-state index contributed by atoms with van der Waals surface area (Å²) in [5, 5.41) is 16.4. The Labute approximate surface area is 281 Å². The third-order valence-electron chi connectivity index (χ3n) is 7.89. The molecule has 1 unspecified atom stereocenters. The molecule has 0 saturated carbocycles. The topological polar surface area (TPSA) is 154 Å². The van der Waals surface area contributed by atoms with E-state index in [-0.39, 0.29) is 24.2 Å². The molecule has 0 radical (unpaired) electrons. The lowest BCUT2D eigenvalue weighted by atomic mass is 9.99. The molecule has 15 heteroatoms. The second-order valence-corrected chi connectivity index (χ2v) is 20.3. The number of nitrogens with one attached hydrogen (secondary N) is 2. The van der Waals surface area contributed by atoms with Gasteiger partial charge in [-0.3, -0.25) is 10.1 Å². The summed E-state index contributed by atoms with van der Waals surface area (Å²) in [4.78, 5) is 33.3. The number of halogens is 1. The minimum Gasteiger partial charge on any atom is -0.444 e. The molecule has 0 spiro atoms. The van der Waals surface area contributed by atoms with Crippen LogP contribution in [-0.2, 0) is 16.2 Å². The van der Waals surface area contributed by atoms with Gasteiger partial charge in [0, 0.05) is 51.6 Å². The van der Waals surface area contributed by atoms with Gasteiger partial charge in [0.15, 0.2) is 11.5 Å². The van der Waals surface area contributed by atoms with Gasteiger partial charge in [0.05, 0.1) is 11.7 Å². The molecule has 5 rings (SSSR count). The molecule has 254 valence electrons. The first-order chi connectivity index (χ1) is 22.1. The van der Waals surface area contributed by atoms with Crippen molar-refractivity contribution in [3.63, 3.8) is 0 Å². The van der Waals surface area contributed by atoms with Crippen LogP contribution < -0.4 is 21.3 Å². The summed E-state index contributed by atoms with van der Waals surface area (Å²) in [5.74, 6) is -0.419. The number of hydrogen-bond acceptors (Lipinski definition) is 9. The Bertz CT molecular complexity index is 1760. The van der Waals surface area contributed by atoms with Crippen LogP contribution in [0.1, 0.15) is 62.5 Å². The number of amides is 2. The van der Waals surface area contributed by atoms with Crippen LogP contribution in [0.15, 0.2) is 30.6 Å². The van der Waals surface area contributed by atoms with E-state index in [1.54, 1.807) is 43.9 Å². The zero-order chi connectivity index (χ0) is 34.1. The van der Waals surface area contributed by atoms with Gasteiger partial charge in [0.2, 0.25) is 0 Å². The lowest BCUT2D eigenvalue weighted by Gasteiger charge is -2.35. The molecule has 1 aliphatic rings. The van der Waals surface area contributed by atoms with Crippen molar-refractivity contribution < 1.29 is 19.1 Å². The van der Waals surface area contributed by atoms with Gasteiger partial charge < -0.3 is 25.4 Å². The molecule has 0 bridgehead atoms. The smallest absolute Gasteiger partial charge is 0.413 e. The normalized spacial score (nSPS) is 16.4. The van der Waals surface area contributed by atoms with Crippen LogP contribution in [-0.4, -0.2) is 75.8 Å². The molecular weight excluding hydrogens is 638 g/mol. The van der Waals surface area contributed by atoms with Gasteiger partial charge in [-0.15, -0.1) is 5.10 Å². The number of benzene rings is 1. The summed E-state index contributed by atoms with van der Waals surface area (Å²) in [6.07, 6.45) is 4.36. The Morgan fingerprint density at radius 1 is 1.21 bits per heavy atom. The number of anilines is 2. The first-order valence-electron chi connectivity index (χ1n) is 16.0. The van der Waals surface area contributed by atoms with E-state index >= 15 is 0 Å². The molecule has 2 atom stereocenters. The number of nitrogens with two attached hydrogens (primary N) is 1. The number of hydrogen-bond donors (Lipinski definition) is 3. The van der Waals surface area contributed by atoms with E-state index < -0.39 is 31.7 Å². The molecule has 1 saturated heterocycles. The summed E-state index contributed by atoms with van der Waals surface area (Å²) in [7, 11) is -1.25. The van der Waals surface area contributed by atoms with Crippen molar-refractivity contribution in [3.05, 3.63) is 46.9 Å². The SMILES string of the molecule is CC(NC(=O)c1c(NC(=O)OC(C)(C)C)nn2cccnc12)c1ccc2c(Cl)n(COCC[Si](C)(C)C)nc2c1N1CCC[C@H](N)C1. The number of rotatable bonds is 10. The standard InChI is InChI=1S/C32H46ClN9O4Si/c1-20(36-30(43)24-28(37-31(44)46-32(2,3)4)39-41-15-9-13-35-29(24)41)22-11-12-23-25(26(22)40-14-8-10-21(34)18-40)38-42(27(23)33)19-45-16-17-47(5,6)7/h9,11-13,15,20-21H,8,10,14,16-19,34H2,1-7H3,(H,36,43)(H,37,39,44)/t20?,21-/m0/s1. The van der Waals surface area contributed by atoms with E-state index in [0.29, 0.717) is 24.0 Å². The highest BCUT2D eigenvalue weighted by atomic mass is 35.5. The molecule has 4 aromatic rings. The Morgan fingerprint density at radius 3 is 2.68 bits per heavy atom. The number of piperidine rings is 1. The van der Waals surface area contributed by atoms with Crippen LogP contribution in [0.3, 0.4) is 0 Å². The first kappa shape index (κ1) is 34.6. The van der Waals surface area contributed by atoms with Crippen LogP contribution >= 0.6 is 11.6 Å². The first-order valence-corrected chi connectivity index (χ1v) is 20.1. The predicted molar refractivity (Wildman–Crippen MR) is 187 cm³/mol. The summed E-state index contributed by atoms with van der Waals surface area (Å²) in [5.41, 5.74) is 8.56. The molecule has 3 aromatic heterocycles. The molecule has 1 aliphatic heterocycles. The van der Waals surface area contributed by atoms with E-state index in [1.807, 2.05) is 19.1 Å². The second kappa shape index (κ2) is 13.8. The van der Waals surface area contributed by atoms with Crippen molar-refractivity contribution in [2.45, 2.75) is 90.6 Å². The van der Waals surface area contributed by atoms with Crippen LogP contribution in [0.2, 0.25) is 30.8 Å². The maximum absolute atomic E-state index is 14.0. The maximum Gasteiger partial charge on any atom is 0.413 e.